The molecule has 1 aliphatic rings. The van der Waals surface area contributed by atoms with E-state index >= 15 is 0 Å². The summed E-state index contributed by atoms with van der Waals surface area (Å²) in [7, 11) is 1.38. The van der Waals surface area contributed by atoms with Crippen LogP contribution in [0.1, 0.15) is 50.1 Å². The first kappa shape index (κ1) is 16.4. The summed E-state index contributed by atoms with van der Waals surface area (Å²) in [5, 5.41) is 3.40. The van der Waals surface area contributed by atoms with Crippen molar-refractivity contribution in [3.63, 3.8) is 0 Å². The van der Waals surface area contributed by atoms with Gasteiger partial charge in [0.05, 0.1) is 7.11 Å². The van der Waals surface area contributed by atoms with Gasteiger partial charge in [0.2, 0.25) is 0 Å². The second-order valence-electron chi connectivity index (χ2n) is 5.48. The molecule has 2 rings (SSSR count). The van der Waals surface area contributed by atoms with Crippen molar-refractivity contribution in [2.45, 2.75) is 50.6 Å². The number of methoxy groups -OCH3 is 1. The average Bonchev–Trinajstić information content (AvgIpc) is 2.73. The fraction of sp³-hybridized carbons (Fsp3) is 0.562. The summed E-state index contributed by atoms with van der Waals surface area (Å²) in [5.74, 6) is -0.671. The van der Waals surface area contributed by atoms with Gasteiger partial charge in [0, 0.05) is 10.5 Å². The molecule has 1 unspecified atom stereocenters. The van der Waals surface area contributed by atoms with E-state index in [1.165, 1.54) is 44.9 Å². The molecule has 3 nitrogen and oxygen atoms in total. The van der Waals surface area contributed by atoms with Crippen molar-refractivity contribution in [1.82, 2.24) is 5.32 Å². The Bertz CT molecular complexity index is 487. The van der Waals surface area contributed by atoms with Crippen molar-refractivity contribution in [2.75, 3.05) is 7.11 Å². The Morgan fingerprint density at radius 2 is 2.00 bits per heavy atom. The number of nitrogens with one attached hydrogen (secondary N) is 1. The monoisotopic (exact) mass is 357 g/mol. The summed E-state index contributed by atoms with van der Waals surface area (Å²) in [6.07, 6.45) is 6.98. The molecule has 0 radical (unpaired) electrons. The van der Waals surface area contributed by atoms with E-state index in [2.05, 4.69) is 21.2 Å². The number of carbonyl (C=O) groups is 1. The minimum absolute atomic E-state index is 0.300. The lowest BCUT2D eigenvalue weighted by Gasteiger charge is -2.24. The van der Waals surface area contributed by atoms with Crippen LogP contribution in [0.2, 0.25) is 0 Å². The lowest BCUT2D eigenvalue weighted by Crippen LogP contribution is -2.37. The summed E-state index contributed by atoms with van der Waals surface area (Å²) >= 11 is 3.34. The molecule has 1 aromatic rings. The van der Waals surface area contributed by atoms with Crippen LogP contribution in [-0.4, -0.2) is 19.1 Å². The van der Waals surface area contributed by atoms with Crippen LogP contribution in [0.3, 0.4) is 0 Å². The van der Waals surface area contributed by atoms with Gasteiger partial charge in [-0.15, -0.1) is 0 Å². The first-order valence-electron chi connectivity index (χ1n) is 7.40. The molecule has 0 spiro atoms. The van der Waals surface area contributed by atoms with Crippen LogP contribution in [0.5, 0.6) is 0 Å². The lowest BCUT2D eigenvalue weighted by atomic mass is 10.0. The Balaban J connectivity index is 2.19. The first-order valence-corrected chi connectivity index (χ1v) is 8.20. The van der Waals surface area contributed by atoms with Gasteiger partial charge in [-0.1, -0.05) is 47.7 Å². The van der Waals surface area contributed by atoms with Crippen molar-refractivity contribution >= 4 is 21.9 Å². The Kier molecular flexibility index (Phi) is 6.18. The number of halogens is 2. The van der Waals surface area contributed by atoms with Crippen molar-refractivity contribution in [2.24, 2.45) is 0 Å². The molecule has 0 aromatic heterocycles. The van der Waals surface area contributed by atoms with Crippen LogP contribution in [-0.2, 0) is 9.53 Å². The van der Waals surface area contributed by atoms with Gasteiger partial charge in [-0.3, -0.25) is 5.32 Å². The van der Waals surface area contributed by atoms with Gasteiger partial charge in [0.1, 0.15) is 11.9 Å². The molecule has 1 atom stereocenters. The van der Waals surface area contributed by atoms with Gasteiger partial charge in [0.25, 0.3) is 0 Å². The quantitative estimate of drug-likeness (QED) is 0.650. The SMILES string of the molecule is COC(=O)C(NC1CCCCCC1)c1ccc(F)cc1Br. The molecule has 1 saturated carbocycles. The molecule has 1 N–H and O–H groups in total. The summed E-state index contributed by atoms with van der Waals surface area (Å²) in [6.45, 7) is 0. The zero-order chi connectivity index (χ0) is 15.2. The van der Waals surface area contributed by atoms with Crippen molar-refractivity contribution in [1.29, 1.82) is 0 Å². The Morgan fingerprint density at radius 1 is 1.33 bits per heavy atom. The lowest BCUT2D eigenvalue weighted by molar-refractivity contribution is -0.143. The molecule has 5 heteroatoms. The van der Waals surface area contributed by atoms with Crippen molar-refractivity contribution < 1.29 is 13.9 Å². The summed E-state index contributed by atoms with van der Waals surface area (Å²) in [6, 6.07) is 4.11. The van der Waals surface area contributed by atoms with Crippen molar-refractivity contribution in [3.8, 4) is 0 Å². The number of esters is 1. The number of benzene rings is 1. The standard InChI is InChI=1S/C16H21BrFNO2/c1-21-16(20)15(13-9-8-11(18)10-14(13)17)19-12-6-4-2-3-5-7-12/h8-10,12,15,19H,2-7H2,1H3. The molecule has 1 aromatic carbocycles. The molecule has 1 aliphatic carbocycles. The van der Waals surface area contributed by atoms with Crippen LogP contribution in [0.15, 0.2) is 22.7 Å². The maximum Gasteiger partial charge on any atom is 0.327 e. The van der Waals surface area contributed by atoms with Crippen LogP contribution in [0, 0.1) is 5.82 Å². The van der Waals surface area contributed by atoms with E-state index in [1.807, 2.05) is 0 Å². The normalized spacial score (nSPS) is 18.0. The van der Waals surface area contributed by atoms with Gasteiger partial charge in [0.15, 0.2) is 0 Å². The Hall–Kier alpha value is -0.940. The molecular formula is C16H21BrFNO2. The van der Waals surface area contributed by atoms with Gasteiger partial charge >= 0.3 is 5.97 Å². The third-order valence-electron chi connectivity index (χ3n) is 3.97. The third-order valence-corrected chi connectivity index (χ3v) is 4.65. The molecule has 1 fully saturated rings. The zero-order valence-corrected chi connectivity index (χ0v) is 13.8. The molecule has 0 aliphatic heterocycles. The molecule has 0 amide bonds. The molecule has 0 saturated heterocycles. The minimum atomic E-state index is -0.562. The largest absolute Gasteiger partial charge is 0.468 e. The number of rotatable bonds is 4. The predicted molar refractivity (Wildman–Crippen MR) is 83.5 cm³/mol. The molecule has 21 heavy (non-hydrogen) atoms. The van der Waals surface area contributed by atoms with E-state index in [0.29, 0.717) is 16.1 Å². The fourth-order valence-electron chi connectivity index (χ4n) is 2.82. The fourth-order valence-corrected chi connectivity index (χ4v) is 3.40. The molecule has 0 heterocycles. The Labute approximate surface area is 133 Å². The highest BCUT2D eigenvalue weighted by Gasteiger charge is 2.27. The van der Waals surface area contributed by atoms with E-state index < -0.39 is 6.04 Å². The van der Waals surface area contributed by atoms with Crippen LogP contribution >= 0.6 is 15.9 Å². The highest BCUT2D eigenvalue weighted by atomic mass is 79.9. The van der Waals surface area contributed by atoms with Crippen LogP contribution < -0.4 is 5.32 Å². The smallest absolute Gasteiger partial charge is 0.327 e. The van der Waals surface area contributed by atoms with E-state index in [0.717, 1.165) is 12.8 Å². The Morgan fingerprint density at radius 3 is 2.57 bits per heavy atom. The van der Waals surface area contributed by atoms with Gasteiger partial charge < -0.3 is 4.74 Å². The summed E-state index contributed by atoms with van der Waals surface area (Å²) in [4.78, 5) is 12.1. The van der Waals surface area contributed by atoms with Crippen LogP contribution in [0.25, 0.3) is 0 Å². The number of carbonyl (C=O) groups excluding carboxylic acids is 1. The third kappa shape index (κ3) is 4.51. The van der Waals surface area contributed by atoms with Gasteiger partial charge in [-0.25, -0.2) is 9.18 Å². The van der Waals surface area contributed by atoms with E-state index in [4.69, 9.17) is 4.74 Å². The number of hydrogen-bond donors (Lipinski definition) is 1. The molecular weight excluding hydrogens is 337 g/mol. The van der Waals surface area contributed by atoms with Gasteiger partial charge in [-0.05, 0) is 30.5 Å². The summed E-state index contributed by atoms with van der Waals surface area (Å²) in [5.41, 5.74) is 0.715. The van der Waals surface area contributed by atoms with Crippen LogP contribution in [0.4, 0.5) is 4.39 Å². The number of hydrogen-bond acceptors (Lipinski definition) is 3. The van der Waals surface area contributed by atoms with E-state index in [1.54, 1.807) is 6.07 Å². The minimum Gasteiger partial charge on any atom is -0.468 e. The maximum atomic E-state index is 13.2. The second kappa shape index (κ2) is 7.90. The highest BCUT2D eigenvalue weighted by molar-refractivity contribution is 9.10. The van der Waals surface area contributed by atoms with E-state index in [9.17, 15) is 9.18 Å². The first-order chi connectivity index (χ1) is 10.1. The maximum absolute atomic E-state index is 13.2. The number of ether oxygens (including phenoxy) is 1. The zero-order valence-electron chi connectivity index (χ0n) is 12.2. The summed E-state index contributed by atoms with van der Waals surface area (Å²) < 4.78 is 18.7. The topological polar surface area (TPSA) is 38.3 Å². The average molecular weight is 358 g/mol. The highest BCUT2D eigenvalue weighted by Crippen LogP contribution is 2.27. The predicted octanol–water partition coefficient (Wildman–Crippen LogP) is 4.11. The van der Waals surface area contributed by atoms with Gasteiger partial charge in [-0.2, -0.15) is 0 Å². The van der Waals surface area contributed by atoms with Crippen molar-refractivity contribution in [3.05, 3.63) is 34.1 Å². The van der Waals surface area contributed by atoms with E-state index in [-0.39, 0.29) is 11.8 Å². The second-order valence-corrected chi connectivity index (χ2v) is 6.33. The molecule has 116 valence electrons. The molecule has 0 bridgehead atoms.